The van der Waals surface area contributed by atoms with Gasteiger partial charge in [0.2, 0.25) is 0 Å². The van der Waals surface area contributed by atoms with Crippen molar-refractivity contribution in [1.82, 2.24) is 9.97 Å². The summed E-state index contributed by atoms with van der Waals surface area (Å²) in [6.45, 7) is 0. The molecule has 0 fully saturated rings. The number of para-hydroxylation sites is 2. The van der Waals surface area contributed by atoms with Gasteiger partial charge in [-0.1, -0.05) is 18.2 Å². The summed E-state index contributed by atoms with van der Waals surface area (Å²) in [7, 11) is 0. The first kappa shape index (κ1) is 17.0. The molecule has 3 rings (SSSR count). The van der Waals surface area contributed by atoms with Crippen molar-refractivity contribution in [3.05, 3.63) is 77.8 Å². The number of nitrogens with one attached hydrogen (secondary N) is 2. The molecule has 2 aromatic carbocycles. The van der Waals surface area contributed by atoms with Gasteiger partial charge in [-0.15, -0.1) is 0 Å². The van der Waals surface area contributed by atoms with E-state index in [4.69, 9.17) is 5.26 Å². The number of hydrogen-bond donors (Lipinski definition) is 2. The Kier molecular flexibility index (Phi) is 4.80. The van der Waals surface area contributed by atoms with Gasteiger partial charge in [-0.05, 0) is 24.3 Å². The first-order valence-electron chi connectivity index (χ1n) is 7.42. The minimum atomic E-state index is -0.794. The van der Waals surface area contributed by atoms with E-state index in [-0.39, 0.29) is 17.2 Å². The average Bonchev–Trinajstić information content (AvgIpc) is 2.65. The van der Waals surface area contributed by atoms with Gasteiger partial charge in [0.15, 0.2) is 0 Å². The molecule has 0 radical (unpaired) electrons. The van der Waals surface area contributed by atoms with E-state index in [1.807, 2.05) is 6.07 Å². The maximum absolute atomic E-state index is 13.7. The van der Waals surface area contributed by atoms with Gasteiger partial charge in [0.1, 0.15) is 41.2 Å². The Morgan fingerprint density at radius 1 is 1.04 bits per heavy atom. The van der Waals surface area contributed by atoms with Crippen molar-refractivity contribution in [2.45, 2.75) is 0 Å². The number of carbonyl (C=O) groups is 1. The molecule has 3 aromatic rings. The van der Waals surface area contributed by atoms with Crippen molar-refractivity contribution in [3.63, 3.8) is 0 Å². The lowest BCUT2D eigenvalue weighted by atomic mass is 10.2. The lowest BCUT2D eigenvalue weighted by Crippen LogP contribution is -2.15. The monoisotopic (exact) mass is 351 g/mol. The lowest BCUT2D eigenvalue weighted by molar-refractivity contribution is 0.102. The van der Waals surface area contributed by atoms with Crippen LogP contribution in [0.25, 0.3) is 0 Å². The molecule has 0 aliphatic carbocycles. The van der Waals surface area contributed by atoms with E-state index < -0.39 is 17.5 Å². The van der Waals surface area contributed by atoms with Crippen LogP contribution in [0.5, 0.6) is 0 Å². The van der Waals surface area contributed by atoms with Crippen LogP contribution in [0.15, 0.2) is 54.9 Å². The summed E-state index contributed by atoms with van der Waals surface area (Å²) in [6.07, 6.45) is 1.09. The molecule has 6 nitrogen and oxygen atoms in total. The van der Waals surface area contributed by atoms with Crippen LogP contribution >= 0.6 is 0 Å². The van der Waals surface area contributed by atoms with Crippen LogP contribution in [-0.2, 0) is 0 Å². The standard InChI is InChI=1S/C18H11F2N5O/c19-12-5-3-6-13(20)17(12)25-16-8-15(22-10-23-16)18(26)24-14-7-2-1-4-11(14)9-21/h1-8,10H,(H,24,26)(H,22,23,25). The summed E-state index contributed by atoms with van der Waals surface area (Å²) in [5.41, 5.74) is 0.203. The Morgan fingerprint density at radius 3 is 2.50 bits per heavy atom. The SMILES string of the molecule is N#Cc1ccccc1NC(=O)c1cc(Nc2c(F)cccc2F)ncn1. The highest BCUT2D eigenvalue weighted by Gasteiger charge is 2.13. The van der Waals surface area contributed by atoms with E-state index in [0.717, 1.165) is 18.5 Å². The summed E-state index contributed by atoms with van der Waals surface area (Å²) < 4.78 is 27.4. The normalized spacial score (nSPS) is 10.0. The molecule has 0 saturated heterocycles. The van der Waals surface area contributed by atoms with Gasteiger partial charge >= 0.3 is 0 Å². The van der Waals surface area contributed by atoms with Crippen molar-refractivity contribution >= 4 is 23.1 Å². The minimum absolute atomic E-state index is 0.0352. The van der Waals surface area contributed by atoms with Gasteiger partial charge in [-0.2, -0.15) is 5.26 Å². The molecule has 128 valence electrons. The van der Waals surface area contributed by atoms with Crippen molar-refractivity contribution in [2.75, 3.05) is 10.6 Å². The van der Waals surface area contributed by atoms with E-state index in [2.05, 4.69) is 20.6 Å². The zero-order chi connectivity index (χ0) is 18.5. The Morgan fingerprint density at radius 2 is 1.77 bits per heavy atom. The highest BCUT2D eigenvalue weighted by atomic mass is 19.1. The summed E-state index contributed by atoms with van der Waals surface area (Å²) >= 11 is 0. The molecule has 8 heteroatoms. The predicted molar refractivity (Wildman–Crippen MR) is 90.8 cm³/mol. The maximum Gasteiger partial charge on any atom is 0.274 e. The molecule has 0 unspecified atom stereocenters. The fourth-order valence-electron chi connectivity index (χ4n) is 2.17. The highest BCUT2D eigenvalue weighted by molar-refractivity contribution is 6.03. The molecule has 1 heterocycles. The molecule has 0 bridgehead atoms. The fourth-order valence-corrected chi connectivity index (χ4v) is 2.17. The number of amides is 1. The second kappa shape index (κ2) is 7.36. The van der Waals surface area contributed by atoms with Crippen LogP contribution in [-0.4, -0.2) is 15.9 Å². The first-order valence-corrected chi connectivity index (χ1v) is 7.42. The highest BCUT2D eigenvalue weighted by Crippen LogP contribution is 2.22. The average molecular weight is 351 g/mol. The molecule has 0 aliphatic heterocycles. The van der Waals surface area contributed by atoms with Crippen LogP contribution in [0, 0.1) is 23.0 Å². The molecular formula is C18H11F2N5O. The third kappa shape index (κ3) is 3.62. The Labute approximate surface area is 147 Å². The number of nitrogens with zero attached hydrogens (tertiary/aromatic N) is 3. The van der Waals surface area contributed by atoms with Gasteiger partial charge in [-0.25, -0.2) is 18.7 Å². The number of carbonyl (C=O) groups excluding carboxylic acids is 1. The van der Waals surface area contributed by atoms with E-state index in [9.17, 15) is 13.6 Å². The van der Waals surface area contributed by atoms with E-state index in [0.29, 0.717) is 11.3 Å². The molecular weight excluding hydrogens is 340 g/mol. The number of benzene rings is 2. The molecule has 1 aromatic heterocycles. The van der Waals surface area contributed by atoms with Gasteiger partial charge in [-0.3, -0.25) is 4.79 Å². The fraction of sp³-hybridized carbons (Fsp3) is 0. The molecule has 1 amide bonds. The second-order valence-electron chi connectivity index (χ2n) is 5.12. The zero-order valence-electron chi connectivity index (χ0n) is 13.2. The van der Waals surface area contributed by atoms with Gasteiger partial charge in [0.25, 0.3) is 5.91 Å². The van der Waals surface area contributed by atoms with E-state index >= 15 is 0 Å². The smallest absolute Gasteiger partial charge is 0.274 e. The maximum atomic E-state index is 13.7. The van der Waals surface area contributed by atoms with Crippen LogP contribution in [0.3, 0.4) is 0 Å². The number of hydrogen-bond acceptors (Lipinski definition) is 5. The van der Waals surface area contributed by atoms with Crippen molar-refractivity contribution in [1.29, 1.82) is 5.26 Å². The Bertz CT molecular complexity index is 996. The Hall–Kier alpha value is -3.86. The predicted octanol–water partition coefficient (Wildman–Crippen LogP) is 3.62. The zero-order valence-corrected chi connectivity index (χ0v) is 13.2. The molecule has 2 N–H and O–H groups in total. The van der Waals surface area contributed by atoms with E-state index in [1.165, 1.54) is 12.1 Å². The van der Waals surface area contributed by atoms with Crippen molar-refractivity contribution in [3.8, 4) is 6.07 Å². The van der Waals surface area contributed by atoms with Gasteiger partial charge in [0, 0.05) is 6.07 Å². The molecule has 0 atom stereocenters. The number of rotatable bonds is 4. The number of aromatic nitrogens is 2. The van der Waals surface area contributed by atoms with Crippen LogP contribution in [0.4, 0.5) is 26.0 Å². The topological polar surface area (TPSA) is 90.7 Å². The molecule has 0 spiro atoms. The summed E-state index contributed by atoms with van der Waals surface area (Å²) in [5.74, 6) is -2.13. The third-order valence-corrected chi connectivity index (χ3v) is 3.41. The Balaban J connectivity index is 1.83. The van der Waals surface area contributed by atoms with Gasteiger partial charge < -0.3 is 10.6 Å². The molecule has 26 heavy (non-hydrogen) atoms. The first-order chi connectivity index (χ1) is 12.6. The third-order valence-electron chi connectivity index (χ3n) is 3.41. The van der Waals surface area contributed by atoms with Gasteiger partial charge in [0.05, 0.1) is 11.3 Å². The van der Waals surface area contributed by atoms with Crippen LogP contribution < -0.4 is 10.6 Å². The number of anilines is 3. The number of halogens is 2. The summed E-state index contributed by atoms with van der Waals surface area (Å²) in [4.78, 5) is 20.0. The summed E-state index contributed by atoms with van der Waals surface area (Å²) in [5, 5.41) is 14.1. The second-order valence-corrected chi connectivity index (χ2v) is 5.12. The summed E-state index contributed by atoms with van der Waals surface area (Å²) in [6, 6.07) is 13.1. The van der Waals surface area contributed by atoms with Crippen LogP contribution in [0.1, 0.15) is 16.1 Å². The van der Waals surface area contributed by atoms with Crippen molar-refractivity contribution < 1.29 is 13.6 Å². The van der Waals surface area contributed by atoms with Crippen molar-refractivity contribution in [2.24, 2.45) is 0 Å². The largest absolute Gasteiger partial charge is 0.335 e. The van der Waals surface area contributed by atoms with E-state index in [1.54, 1.807) is 24.3 Å². The molecule has 0 aliphatic rings. The minimum Gasteiger partial charge on any atom is -0.335 e. The quantitative estimate of drug-likeness (QED) is 0.749. The number of nitriles is 1. The molecule has 0 saturated carbocycles. The lowest BCUT2D eigenvalue weighted by Gasteiger charge is -2.09. The van der Waals surface area contributed by atoms with Crippen LogP contribution in [0.2, 0.25) is 0 Å².